The van der Waals surface area contributed by atoms with Gasteiger partial charge in [0, 0.05) is 21.9 Å². The number of halogens is 1. The molecule has 9 heteroatoms. The van der Waals surface area contributed by atoms with Crippen LogP contribution in [0.1, 0.15) is 11.7 Å². The van der Waals surface area contributed by atoms with E-state index in [1.807, 2.05) is 30.5 Å². The predicted molar refractivity (Wildman–Crippen MR) is 109 cm³/mol. The van der Waals surface area contributed by atoms with E-state index in [1.165, 1.54) is 11.8 Å². The molecular weight excluding hydrogens is 400 g/mol. The normalized spacial score (nSPS) is 17.8. The van der Waals surface area contributed by atoms with E-state index in [-0.39, 0.29) is 5.91 Å². The van der Waals surface area contributed by atoms with Crippen LogP contribution in [-0.2, 0) is 4.79 Å². The summed E-state index contributed by atoms with van der Waals surface area (Å²) < 4.78 is 11.0. The molecule has 4 rings (SSSR count). The Morgan fingerprint density at radius 1 is 1.21 bits per heavy atom. The third kappa shape index (κ3) is 2.98. The molecule has 0 saturated heterocycles. The Labute approximate surface area is 170 Å². The molecule has 0 bridgehead atoms. The fraction of sp³-hybridized carbons (Fsp3) is 0.211. The van der Waals surface area contributed by atoms with Crippen LogP contribution in [0.25, 0.3) is 5.70 Å². The van der Waals surface area contributed by atoms with Crippen molar-refractivity contribution >= 4 is 40.1 Å². The lowest BCUT2D eigenvalue weighted by Crippen LogP contribution is -2.50. The van der Waals surface area contributed by atoms with E-state index in [0.29, 0.717) is 43.5 Å². The van der Waals surface area contributed by atoms with Crippen LogP contribution in [-0.4, -0.2) is 36.6 Å². The van der Waals surface area contributed by atoms with Crippen molar-refractivity contribution < 1.29 is 14.3 Å². The second kappa shape index (κ2) is 7.37. The van der Waals surface area contributed by atoms with Gasteiger partial charge in [-0.25, -0.2) is 5.01 Å². The zero-order chi connectivity index (χ0) is 19.8. The Morgan fingerprint density at radius 2 is 2.00 bits per heavy atom. The summed E-state index contributed by atoms with van der Waals surface area (Å²) >= 11 is 7.66. The van der Waals surface area contributed by atoms with Crippen molar-refractivity contribution in [3.8, 4) is 11.5 Å². The summed E-state index contributed by atoms with van der Waals surface area (Å²) in [4.78, 5) is 17.7. The predicted octanol–water partition coefficient (Wildman–Crippen LogP) is 1.86. The summed E-state index contributed by atoms with van der Waals surface area (Å²) in [7, 11) is 3.09. The molecule has 0 radical (unpaired) electrons. The van der Waals surface area contributed by atoms with E-state index in [9.17, 15) is 4.79 Å². The molecule has 144 valence electrons. The SMILES string of the molecule is COc1cc(Cl)cc(C2N=c3ccccc3=C3C(=O)NC(SC)=NN32)c1OC. The second-order valence-corrected chi connectivity index (χ2v) is 7.24. The van der Waals surface area contributed by atoms with Crippen LogP contribution < -0.4 is 25.4 Å². The number of nitrogens with zero attached hydrogens (tertiary/aromatic N) is 3. The van der Waals surface area contributed by atoms with Crippen LogP contribution in [0.5, 0.6) is 11.5 Å². The molecule has 0 spiro atoms. The minimum atomic E-state index is -0.638. The number of para-hydroxylation sites is 1. The van der Waals surface area contributed by atoms with E-state index in [4.69, 9.17) is 26.1 Å². The number of thioether (sulfide) groups is 1. The van der Waals surface area contributed by atoms with Crippen LogP contribution in [0.4, 0.5) is 0 Å². The molecule has 1 amide bonds. The first-order valence-electron chi connectivity index (χ1n) is 8.39. The number of amidine groups is 1. The average Bonchev–Trinajstić information content (AvgIpc) is 2.71. The fourth-order valence-electron chi connectivity index (χ4n) is 3.27. The van der Waals surface area contributed by atoms with Gasteiger partial charge in [-0.2, -0.15) is 0 Å². The molecule has 7 nitrogen and oxygen atoms in total. The lowest BCUT2D eigenvalue weighted by Gasteiger charge is -2.34. The maximum absolute atomic E-state index is 12.9. The van der Waals surface area contributed by atoms with Gasteiger partial charge in [-0.05, 0) is 18.4 Å². The number of benzene rings is 2. The van der Waals surface area contributed by atoms with E-state index >= 15 is 0 Å². The van der Waals surface area contributed by atoms with Crippen molar-refractivity contribution in [3.05, 3.63) is 57.6 Å². The number of rotatable bonds is 3. The molecule has 1 atom stereocenters. The molecule has 0 aliphatic carbocycles. The van der Waals surface area contributed by atoms with Crippen molar-refractivity contribution in [2.24, 2.45) is 10.1 Å². The van der Waals surface area contributed by atoms with Crippen molar-refractivity contribution in [2.75, 3.05) is 20.5 Å². The fourth-order valence-corrected chi connectivity index (χ4v) is 3.85. The highest BCUT2D eigenvalue weighted by Crippen LogP contribution is 2.42. The maximum Gasteiger partial charge on any atom is 0.276 e. The van der Waals surface area contributed by atoms with E-state index in [1.54, 1.807) is 31.4 Å². The van der Waals surface area contributed by atoms with Crippen LogP contribution in [0, 0.1) is 0 Å². The first-order valence-corrected chi connectivity index (χ1v) is 9.99. The summed E-state index contributed by atoms with van der Waals surface area (Å²) in [5.74, 6) is 0.738. The number of amides is 1. The largest absolute Gasteiger partial charge is 0.493 e. The Bertz CT molecular complexity index is 1120. The molecule has 2 aromatic rings. The number of methoxy groups -OCH3 is 2. The molecule has 0 fully saturated rings. The van der Waals surface area contributed by atoms with Gasteiger partial charge in [-0.1, -0.05) is 41.6 Å². The monoisotopic (exact) mass is 416 g/mol. The number of hydrogen-bond acceptors (Lipinski definition) is 7. The Morgan fingerprint density at radius 3 is 2.71 bits per heavy atom. The minimum Gasteiger partial charge on any atom is -0.493 e. The van der Waals surface area contributed by atoms with Gasteiger partial charge in [0.1, 0.15) is 5.70 Å². The van der Waals surface area contributed by atoms with Gasteiger partial charge in [0.15, 0.2) is 22.8 Å². The second-order valence-electron chi connectivity index (χ2n) is 6.01. The number of fused-ring (bicyclic) bond motifs is 2. The number of hydrazone groups is 1. The van der Waals surface area contributed by atoms with Crippen LogP contribution in [0.2, 0.25) is 5.02 Å². The first-order chi connectivity index (χ1) is 13.6. The maximum atomic E-state index is 12.9. The number of ether oxygens (including phenoxy) is 2. The molecule has 2 aromatic carbocycles. The van der Waals surface area contributed by atoms with Gasteiger partial charge in [0.05, 0.1) is 19.6 Å². The van der Waals surface area contributed by atoms with Crippen LogP contribution in [0.15, 0.2) is 46.5 Å². The minimum absolute atomic E-state index is 0.236. The van der Waals surface area contributed by atoms with Crippen LogP contribution >= 0.6 is 23.4 Å². The number of nitrogens with one attached hydrogen (secondary N) is 1. The van der Waals surface area contributed by atoms with Crippen molar-refractivity contribution in [1.82, 2.24) is 10.3 Å². The Kier molecular flexibility index (Phi) is 4.91. The molecule has 2 heterocycles. The van der Waals surface area contributed by atoms with Crippen molar-refractivity contribution in [3.63, 3.8) is 0 Å². The molecule has 28 heavy (non-hydrogen) atoms. The number of carbonyl (C=O) groups is 1. The topological polar surface area (TPSA) is 75.5 Å². The van der Waals surface area contributed by atoms with Gasteiger partial charge in [0.25, 0.3) is 5.91 Å². The zero-order valence-corrected chi connectivity index (χ0v) is 17.0. The summed E-state index contributed by atoms with van der Waals surface area (Å²) in [5.41, 5.74) is 1.08. The molecule has 2 aliphatic heterocycles. The third-order valence-electron chi connectivity index (χ3n) is 4.46. The average molecular weight is 417 g/mol. The number of carbonyl (C=O) groups excluding carboxylic acids is 1. The summed E-state index contributed by atoms with van der Waals surface area (Å²) in [6, 6.07) is 10.9. The molecule has 1 N–H and O–H groups in total. The van der Waals surface area contributed by atoms with Gasteiger partial charge in [-0.15, -0.1) is 5.10 Å². The van der Waals surface area contributed by atoms with Crippen LogP contribution in [0.3, 0.4) is 0 Å². The highest BCUT2D eigenvalue weighted by atomic mass is 35.5. The standard InChI is InChI=1S/C19H17ClN4O3S/c1-26-14-9-10(20)8-12(16(14)27-2)17-21-13-7-5-4-6-11(13)15-18(25)22-19(28-3)23-24(15)17/h4-9,17H,1-3H3,(H,22,23,25). The zero-order valence-electron chi connectivity index (χ0n) is 15.4. The molecule has 1 unspecified atom stereocenters. The lowest BCUT2D eigenvalue weighted by molar-refractivity contribution is -0.116. The Hall–Kier alpha value is -2.71. The lowest BCUT2D eigenvalue weighted by atomic mass is 10.1. The molecular formula is C19H17ClN4O3S. The van der Waals surface area contributed by atoms with Gasteiger partial charge < -0.3 is 9.47 Å². The quantitative estimate of drug-likeness (QED) is 0.826. The number of hydrogen-bond donors (Lipinski definition) is 1. The molecule has 0 saturated carbocycles. The highest BCUT2D eigenvalue weighted by molar-refractivity contribution is 8.13. The van der Waals surface area contributed by atoms with Gasteiger partial charge >= 0.3 is 0 Å². The van der Waals surface area contributed by atoms with Crippen molar-refractivity contribution in [2.45, 2.75) is 6.17 Å². The Balaban J connectivity index is 2.03. The van der Waals surface area contributed by atoms with E-state index in [0.717, 1.165) is 0 Å². The van der Waals surface area contributed by atoms with E-state index < -0.39 is 6.17 Å². The first kappa shape index (κ1) is 18.6. The third-order valence-corrected chi connectivity index (χ3v) is 5.25. The summed E-state index contributed by atoms with van der Waals surface area (Å²) in [5, 5.41) is 11.4. The smallest absolute Gasteiger partial charge is 0.276 e. The van der Waals surface area contributed by atoms with Gasteiger partial charge in [-0.3, -0.25) is 15.1 Å². The van der Waals surface area contributed by atoms with E-state index in [2.05, 4.69) is 10.4 Å². The summed E-state index contributed by atoms with van der Waals surface area (Å²) in [6.07, 6.45) is 1.21. The summed E-state index contributed by atoms with van der Waals surface area (Å²) in [6.45, 7) is 0. The van der Waals surface area contributed by atoms with Crippen molar-refractivity contribution in [1.29, 1.82) is 0 Å². The molecule has 0 aromatic heterocycles. The highest BCUT2D eigenvalue weighted by Gasteiger charge is 2.36. The van der Waals surface area contributed by atoms with Gasteiger partial charge in [0.2, 0.25) is 0 Å². The molecule has 2 aliphatic rings.